The van der Waals surface area contributed by atoms with Crippen LogP contribution >= 0.6 is 0 Å². The molecule has 0 N–H and O–H groups in total. The van der Waals surface area contributed by atoms with Crippen molar-refractivity contribution in [1.29, 1.82) is 0 Å². The number of hydrogen-bond acceptors (Lipinski definition) is 5. The van der Waals surface area contributed by atoms with E-state index in [9.17, 15) is 30.0 Å². The Morgan fingerprint density at radius 1 is 1.03 bits per heavy atom. The van der Waals surface area contributed by atoms with Gasteiger partial charge >= 0.3 is 6.18 Å². The highest BCUT2D eigenvalue weighted by atomic mass is 32.2. The van der Waals surface area contributed by atoms with E-state index in [-0.39, 0.29) is 29.2 Å². The van der Waals surface area contributed by atoms with E-state index in [1.165, 1.54) is 25.1 Å². The van der Waals surface area contributed by atoms with Gasteiger partial charge in [0.1, 0.15) is 0 Å². The second kappa shape index (κ2) is 7.90. The van der Waals surface area contributed by atoms with Crippen molar-refractivity contribution in [1.82, 2.24) is 0 Å². The number of alkyl halides is 3. The Morgan fingerprint density at radius 2 is 1.71 bits per heavy atom. The van der Waals surface area contributed by atoms with E-state index >= 15 is 0 Å². The van der Waals surface area contributed by atoms with E-state index in [2.05, 4.69) is 0 Å². The summed E-state index contributed by atoms with van der Waals surface area (Å²) in [4.78, 5) is -0.237. The molecule has 10 heteroatoms. The Hall–Kier alpha value is -1.91. The largest absolute Gasteiger partial charge is 0.416 e. The van der Waals surface area contributed by atoms with Gasteiger partial charge < -0.3 is 4.74 Å². The third-order valence-corrected chi connectivity index (χ3v) is 9.36. The van der Waals surface area contributed by atoms with Gasteiger partial charge in [0.15, 0.2) is 19.7 Å². The lowest BCUT2D eigenvalue weighted by atomic mass is 9.90. The van der Waals surface area contributed by atoms with Gasteiger partial charge in [-0.2, -0.15) is 13.2 Å². The highest BCUT2D eigenvalue weighted by Crippen LogP contribution is 2.43. The average Bonchev–Trinajstić information content (AvgIpc) is 2.66. The van der Waals surface area contributed by atoms with Gasteiger partial charge in [0.2, 0.25) is 0 Å². The zero-order valence-electron chi connectivity index (χ0n) is 17.2. The SMILES string of the molecule is Cc1cc(S(C)(=O)=O)ccc1C1C[C@](C)(S(=O)(=O)c2cccc(C(F)(F)F)c2)CCO1. The molecule has 5 nitrogen and oxygen atoms in total. The Bertz CT molecular complexity index is 1200. The summed E-state index contributed by atoms with van der Waals surface area (Å²) in [6.45, 7) is 3.32. The van der Waals surface area contributed by atoms with Crippen molar-refractivity contribution < 1.29 is 34.7 Å². The molecular formula is C21H23F3O5S2. The van der Waals surface area contributed by atoms with Gasteiger partial charge in [-0.05, 0) is 68.1 Å². The van der Waals surface area contributed by atoms with Crippen LogP contribution in [0.3, 0.4) is 0 Å². The molecule has 2 atom stereocenters. The van der Waals surface area contributed by atoms with Gasteiger partial charge in [-0.15, -0.1) is 0 Å². The monoisotopic (exact) mass is 476 g/mol. The second-order valence-corrected chi connectivity index (χ2v) is 12.6. The van der Waals surface area contributed by atoms with Gasteiger partial charge in [-0.1, -0.05) is 12.1 Å². The molecule has 2 aromatic carbocycles. The molecule has 0 bridgehead atoms. The van der Waals surface area contributed by atoms with E-state index in [0.29, 0.717) is 17.2 Å². The van der Waals surface area contributed by atoms with Crippen LogP contribution in [0.5, 0.6) is 0 Å². The molecule has 1 fully saturated rings. The maximum absolute atomic E-state index is 13.3. The number of ether oxygens (including phenoxy) is 1. The molecule has 1 unspecified atom stereocenters. The van der Waals surface area contributed by atoms with Crippen LogP contribution in [0.4, 0.5) is 13.2 Å². The number of hydrogen-bond donors (Lipinski definition) is 0. The minimum Gasteiger partial charge on any atom is -0.373 e. The molecule has 0 saturated carbocycles. The van der Waals surface area contributed by atoms with Gasteiger partial charge in [0.25, 0.3) is 0 Å². The highest BCUT2D eigenvalue weighted by molar-refractivity contribution is 7.92. The molecule has 0 radical (unpaired) electrons. The smallest absolute Gasteiger partial charge is 0.373 e. The fourth-order valence-corrected chi connectivity index (χ4v) is 6.32. The highest BCUT2D eigenvalue weighted by Gasteiger charge is 2.46. The second-order valence-electron chi connectivity index (χ2n) is 8.08. The number of sulfone groups is 2. The number of halogens is 3. The molecule has 170 valence electrons. The van der Waals surface area contributed by atoms with Gasteiger partial charge in [-0.25, -0.2) is 16.8 Å². The summed E-state index contributed by atoms with van der Waals surface area (Å²) in [5.41, 5.74) is 0.263. The molecule has 0 spiro atoms. The van der Waals surface area contributed by atoms with Crippen LogP contribution in [-0.2, 0) is 30.6 Å². The average molecular weight is 477 g/mol. The molecule has 0 aliphatic carbocycles. The quantitative estimate of drug-likeness (QED) is 0.649. The van der Waals surface area contributed by atoms with Crippen molar-refractivity contribution >= 4 is 19.7 Å². The number of benzene rings is 2. The predicted octanol–water partition coefficient (Wildman–Crippen LogP) is 4.50. The molecule has 1 aliphatic heterocycles. The lowest BCUT2D eigenvalue weighted by Gasteiger charge is -2.38. The molecule has 1 aliphatic rings. The van der Waals surface area contributed by atoms with Crippen LogP contribution < -0.4 is 0 Å². The Kier molecular flexibility index (Phi) is 6.05. The maximum atomic E-state index is 13.3. The van der Waals surface area contributed by atoms with E-state index in [4.69, 9.17) is 4.74 Å². The fourth-order valence-electron chi connectivity index (χ4n) is 3.78. The molecule has 0 amide bonds. The Labute approximate surface area is 180 Å². The lowest BCUT2D eigenvalue weighted by molar-refractivity contribution is -0.137. The third kappa shape index (κ3) is 4.65. The van der Waals surface area contributed by atoms with Crippen molar-refractivity contribution in [2.45, 2.75) is 53.5 Å². The van der Waals surface area contributed by atoms with E-state index in [1.807, 2.05) is 0 Å². The van der Waals surface area contributed by atoms with Crippen molar-refractivity contribution in [3.63, 3.8) is 0 Å². The first-order chi connectivity index (χ1) is 14.1. The van der Waals surface area contributed by atoms with E-state index < -0.39 is 42.3 Å². The van der Waals surface area contributed by atoms with Crippen LogP contribution in [0.15, 0.2) is 52.3 Å². The van der Waals surface area contributed by atoms with Crippen LogP contribution in [0.1, 0.15) is 42.6 Å². The third-order valence-electron chi connectivity index (χ3n) is 5.70. The molecule has 31 heavy (non-hydrogen) atoms. The topological polar surface area (TPSA) is 77.5 Å². The Morgan fingerprint density at radius 3 is 2.29 bits per heavy atom. The molecule has 2 aromatic rings. The van der Waals surface area contributed by atoms with Crippen LogP contribution in [-0.4, -0.2) is 34.4 Å². The van der Waals surface area contributed by atoms with Crippen molar-refractivity contribution in [3.8, 4) is 0 Å². The summed E-state index contributed by atoms with van der Waals surface area (Å²) in [5.74, 6) is 0. The summed E-state index contributed by atoms with van der Waals surface area (Å²) >= 11 is 0. The van der Waals surface area contributed by atoms with E-state index in [1.54, 1.807) is 13.0 Å². The zero-order valence-corrected chi connectivity index (χ0v) is 18.9. The van der Waals surface area contributed by atoms with Crippen LogP contribution in [0, 0.1) is 6.92 Å². The summed E-state index contributed by atoms with van der Waals surface area (Å²) < 4.78 is 93.9. The zero-order chi connectivity index (χ0) is 23.2. The van der Waals surface area contributed by atoms with Crippen molar-refractivity contribution in [2.24, 2.45) is 0 Å². The first-order valence-electron chi connectivity index (χ1n) is 9.49. The van der Waals surface area contributed by atoms with Crippen LogP contribution in [0.25, 0.3) is 0 Å². The van der Waals surface area contributed by atoms with Gasteiger partial charge in [0, 0.05) is 12.9 Å². The lowest BCUT2D eigenvalue weighted by Crippen LogP contribution is -2.42. The fraction of sp³-hybridized carbons (Fsp3) is 0.429. The maximum Gasteiger partial charge on any atom is 0.416 e. The minimum absolute atomic E-state index is 0.0324. The molecule has 1 heterocycles. The molecular weight excluding hydrogens is 453 g/mol. The summed E-state index contributed by atoms with van der Waals surface area (Å²) in [6, 6.07) is 8.29. The molecule has 0 aromatic heterocycles. The summed E-state index contributed by atoms with van der Waals surface area (Å²) in [6.07, 6.45) is -4.03. The number of rotatable bonds is 4. The first kappa shape index (κ1) is 23.7. The first-order valence-corrected chi connectivity index (χ1v) is 12.9. The predicted molar refractivity (Wildman–Crippen MR) is 109 cm³/mol. The van der Waals surface area contributed by atoms with E-state index in [0.717, 1.165) is 18.4 Å². The van der Waals surface area contributed by atoms with Crippen LogP contribution in [0.2, 0.25) is 0 Å². The van der Waals surface area contributed by atoms with Gasteiger partial charge in [-0.3, -0.25) is 0 Å². The molecule has 1 saturated heterocycles. The summed E-state index contributed by atoms with van der Waals surface area (Å²) in [5, 5.41) is 0. The van der Waals surface area contributed by atoms with Gasteiger partial charge in [0.05, 0.1) is 26.2 Å². The standard InChI is InChI=1S/C21H23F3O5S2/c1-14-11-16(30(3,25)26)7-8-18(14)19-13-20(2,9-10-29-19)31(27,28)17-6-4-5-15(12-17)21(22,23)24/h4-8,11-12,19H,9-10,13H2,1-3H3/t19?,20-/m1/s1. The number of aryl methyl sites for hydroxylation is 1. The van der Waals surface area contributed by atoms with Crippen molar-refractivity contribution in [3.05, 3.63) is 59.2 Å². The summed E-state index contributed by atoms with van der Waals surface area (Å²) in [7, 11) is -7.51. The molecule has 3 rings (SSSR count). The Balaban J connectivity index is 1.97. The normalized spacial score (nSPS) is 23.0. The minimum atomic E-state index is -4.65. The van der Waals surface area contributed by atoms with Crippen molar-refractivity contribution in [2.75, 3.05) is 12.9 Å².